The highest BCUT2D eigenvalue weighted by atomic mass is 32.1. The van der Waals surface area contributed by atoms with Crippen molar-refractivity contribution < 1.29 is 4.74 Å². The van der Waals surface area contributed by atoms with Crippen LogP contribution in [0, 0.1) is 6.92 Å². The van der Waals surface area contributed by atoms with Gasteiger partial charge in [-0.05, 0) is 44.2 Å². The number of nitrogens with zero attached hydrogens (tertiary/aromatic N) is 1. The van der Waals surface area contributed by atoms with Gasteiger partial charge < -0.3 is 4.74 Å². The lowest BCUT2D eigenvalue weighted by atomic mass is 10.0. The molecule has 0 fully saturated rings. The van der Waals surface area contributed by atoms with Gasteiger partial charge in [0.05, 0.1) is 6.54 Å². The van der Waals surface area contributed by atoms with Crippen LogP contribution in [0.2, 0.25) is 0 Å². The van der Waals surface area contributed by atoms with Crippen LogP contribution in [-0.4, -0.2) is 11.2 Å². The van der Waals surface area contributed by atoms with E-state index in [4.69, 9.17) is 4.74 Å². The van der Waals surface area contributed by atoms with Crippen molar-refractivity contribution in [3.63, 3.8) is 0 Å². The molecule has 0 bridgehead atoms. The number of para-hydroxylation sites is 1. The molecule has 1 aliphatic rings. The van der Waals surface area contributed by atoms with E-state index in [1.54, 1.807) is 0 Å². The van der Waals surface area contributed by atoms with Crippen molar-refractivity contribution in [1.82, 2.24) is 4.57 Å². The summed E-state index contributed by atoms with van der Waals surface area (Å²) in [4.78, 5) is 13.5. The molecule has 1 aromatic heterocycles. The van der Waals surface area contributed by atoms with Crippen molar-refractivity contribution in [1.29, 1.82) is 0 Å². The summed E-state index contributed by atoms with van der Waals surface area (Å²) in [5.74, 6) is 0.907. The molecule has 1 aliphatic carbocycles. The second kappa shape index (κ2) is 5.83. The van der Waals surface area contributed by atoms with Gasteiger partial charge in [0.25, 0.3) is 0 Å². The molecule has 0 atom stereocenters. The third-order valence-corrected chi connectivity index (χ3v) is 4.89. The van der Waals surface area contributed by atoms with Gasteiger partial charge in [0.15, 0.2) is 0 Å². The number of fused-ring (bicyclic) bond motifs is 1. The Balaban J connectivity index is 1.69. The summed E-state index contributed by atoms with van der Waals surface area (Å²) in [5, 5.41) is 0. The van der Waals surface area contributed by atoms with Gasteiger partial charge in [-0.2, -0.15) is 0 Å². The molecule has 3 nitrogen and oxygen atoms in total. The fourth-order valence-electron chi connectivity index (χ4n) is 2.72. The first kappa shape index (κ1) is 13.4. The number of ether oxygens (including phenoxy) is 1. The molecule has 20 heavy (non-hydrogen) atoms. The fraction of sp³-hybridized carbons (Fsp3) is 0.438. The molecule has 4 heteroatoms. The summed E-state index contributed by atoms with van der Waals surface area (Å²) in [7, 11) is 0. The minimum absolute atomic E-state index is 0.172. The Hall–Kier alpha value is -1.55. The zero-order valence-electron chi connectivity index (χ0n) is 11.7. The van der Waals surface area contributed by atoms with Gasteiger partial charge in [-0.1, -0.05) is 29.5 Å². The largest absolute Gasteiger partial charge is 0.491 e. The average molecular weight is 289 g/mol. The summed E-state index contributed by atoms with van der Waals surface area (Å²) in [6.07, 6.45) is 4.52. The van der Waals surface area contributed by atoms with E-state index in [1.807, 2.05) is 35.8 Å². The van der Waals surface area contributed by atoms with Crippen molar-refractivity contribution in [2.24, 2.45) is 0 Å². The Morgan fingerprint density at radius 2 is 2.05 bits per heavy atom. The van der Waals surface area contributed by atoms with Crippen LogP contribution in [0.5, 0.6) is 5.75 Å². The van der Waals surface area contributed by atoms with Crippen molar-refractivity contribution in [2.75, 3.05) is 6.61 Å². The summed E-state index contributed by atoms with van der Waals surface area (Å²) >= 11 is 1.42. The maximum absolute atomic E-state index is 12.0. The Kier molecular flexibility index (Phi) is 3.92. The van der Waals surface area contributed by atoms with Gasteiger partial charge in [-0.15, -0.1) is 0 Å². The summed E-state index contributed by atoms with van der Waals surface area (Å²) < 4.78 is 7.72. The first-order valence-corrected chi connectivity index (χ1v) is 7.97. The average Bonchev–Trinajstić information content (AvgIpc) is 2.77. The van der Waals surface area contributed by atoms with Gasteiger partial charge in [0.1, 0.15) is 12.4 Å². The van der Waals surface area contributed by atoms with Gasteiger partial charge >= 0.3 is 4.87 Å². The minimum atomic E-state index is 0.172. The Morgan fingerprint density at radius 3 is 2.90 bits per heavy atom. The molecular weight excluding hydrogens is 270 g/mol. The van der Waals surface area contributed by atoms with Crippen LogP contribution < -0.4 is 9.61 Å². The van der Waals surface area contributed by atoms with Crippen LogP contribution in [0.25, 0.3) is 0 Å². The molecule has 0 saturated heterocycles. The number of rotatable bonds is 4. The lowest BCUT2D eigenvalue weighted by Gasteiger charge is -2.14. The van der Waals surface area contributed by atoms with Gasteiger partial charge in [-0.3, -0.25) is 9.36 Å². The van der Waals surface area contributed by atoms with Crippen molar-refractivity contribution in [2.45, 2.75) is 39.2 Å². The second-order valence-electron chi connectivity index (χ2n) is 5.21. The van der Waals surface area contributed by atoms with Gasteiger partial charge in [0, 0.05) is 10.6 Å². The van der Waals surface area contributed by atoms with E-state index in [0.717, 1.165) is 24.2 Å². The van der Waals surface area contributed by atoms with Gasteiger partial charge in [-0.25, -0.2) is 0 Å². The molecule has 0 amide bonds. The van der Waals surface area contributed by atoms with E-state index in [2.05, 4.69) is 0 Å². The first-order chi connectivity index (χ1) is 9.75. The van der Waals surface area contributed by atoms with Crippen molar-refractivity contribution in [3.05, 3.63) is 50.1 Å². The standard InChI is InChI=1S/C16H19NO2S/c1-12-6-2-4-8-14(12)19-11-10-17-13-7-3-5-9-15(13)20-16(17)18/h2,4,6,8H,3,5,7,9-11H2,1H3. The SMILES string of the molecule is Cc1ccccc1OCCn1c2c(sc1=O)CCCC2. The highest BCUT2D eigenvalue weighted by molar-refractivity contribution is 7.09. The maximum atomic E-state index is 12.0. The Morgan fingerprint density at radius 1 is 1.25 bits per heavy atom. The molecule has 3 rings (SSSR count). The molecule has 0 saturated carbocycles. The molecule has 0 unspecified atom stereocenters. The summed E-state index contributed by atoms with van der Waals surface area (Å²) in [5.41, 5.74) is 2.38. The van der Waals surface area contributed by atoms with Crippen LogP contribution in [0.1, 0.15) is 29.0 Å². The third-order valence-electron chi connectivity index (χ3n) is 3.81. The van der Waals surface area contributed by atoms with E-state index in [9.17, 15) is 4.79 Å². The van der Waals surface area contributed by atoms with Crippen LogP contribution in [0.4, 0.5) is 0 Å². The topological polar surface area (TPSA) is 31.2 Å². The number of benzene rings is 1. The van der Waals surface area contributed by atoms with E-state index in [-0.39, 0.29) is 4.87 Å². The van der Waals surface area contributed by atoms with E-state index in [1.165, 1.54) is 34.7 Å². The van der Waals surface area contributed by atoms with E-state index in [0.29, 0.717) is 13.2 Å². The normalized spacial score (nSPS) is 14.1. The number of hydrogen-bond donors (Lipinski definition) is 0. The van der Waals surface area contributed by atoms with E-state index >= 15 is 0 Å². The fourth-order valence-corrected chi connectivity index (χ4v) is 3.82. The number of aromatic nitrogens is 1. The zero-order valence-corrected chi connectivity index (χ0v) is 12.5. The second-order valence-corrected chi connectivity index (χ2v) is 6.26. The molecule has 0 spiro atoms. The number of aryl methyl sites for hydroxylation is 2. The Labute approximate surface area is 122 Å². The zero-order chi connectivity index (χ0) is 13.9. The van der Waals surface area contributed by atoms with Crippen LogP contribution in [0.15, 0.2) is 29.1 Å². The molecule has 106 valence electrons. The van der Waals surface area contributed by atoms with E-state index < -0.39 is 0 Å². The molecule has 1 heterocycles. The third kappa shape index (κ3) is 2.66. The molecule has 0 N–H and O–H groups in total. The van der Waals surface area contributed by atoms with Crippen LogP contribution in [-0.2, 0) is 19.4 Å². The smallest absolute Gasteiger partial charge is 0.307 e. The number of thiazole rings is 1. The van der Waals surface area contributed by atoms with Crippen LogP contribution >= 0.6 is 11.3 Å². The predicted octanol–water partition coefficient (Wildman–Crippen LogP) is 3.18. The van der Waals surface area contributed by atoms with Gasteiger partial charge in [0.2, 0.25) is 0 Å². The molecule has 0 radical (unpaired) electrons. The molecule has 2 aromatic rings. The summed E-state index contributed by atoms with van der Waals surface area (Å²) in [6, 6.07) is 7.98. The lowest BCUT2D eigenvalue weighted by Crippen LogP contribution is -2.21. The van der Waals surface area contributed by atoms with Crippen LogP contribution in [0.3, 0.4) is 0 Å². The lowest BCUT2D eigenvalue weighted by molar-refractivity contribution is 0.293. The van der Waals surface area contributed by atoms with Crippen molar-refractivity contribution in [3.8, 4) is 5.75 Å². The molecule has 1 aromatic carbocycles. The van der Waals surface area contributed by atoms with Crippen molar-refractivity contribution >= 4 is 11.3 Å². The maximum Gasteiger partial charge on any atom is 0.307 e. The highest BCUT2D eigenvalue weighted by Gasteiger charge is 2.17. The minimum Gasteiger partial charge on any atom is -0.491 e. The predicted molar refractivity (Wildman–Crippen MR) is 81.9 cm³/mol. The summed E-state index contributed by atoms with van der Waals surface area (Å²) in [6.45, 7) is 3.24. The monoisotopic (exact) mass is 289 g/mol. The highest BCUT2D eigenvalue weighted by Crippen LogP contribution is 2.23. The quantitative estimate of drug-likeness (QED) is 0.865. The Bertz CT molecular complexity index is 657. The molecular formula is C16H19NO2S. The molecule has 0 aliphatic heterocycles. The first-order valence-electron chi connectivity index (χ1n) is 7.15. The number of hydrogen-bond acceptors (Lipinski definition) is 3.